The van der Waals surface area contributed by atoms with E-state index >= 15 is 0 Å². The number of para-hydroxylation sites is 2. The summed E-state index contributed by atoms with van der Waals surface area (Å²) in [6.07, 6.45) is 1.72. The van der Waals surface area contributed by atoms with Crippen molar-refractivity contribution in [2.45, 2.75) is 38.4 Å². The fourth-order valence-corrected chi connectivity index (χ4v) is 3.56. The third kappa shape index (κ3) is 3.88. The zero-order valence-corrected chi connectivity index (χ0v) is 15.3. The van der Waals surface area contributed by atoms with E-state index in [2.05, 4.69) is 15.3 Å². The summed E-state index contributed by atoms with van der Waals surface area (Å²) in [5.41, 5.74) is 2.56. The Labute approximate surface area is 161 Å². The monoisotopic (exact) mass is 380 g/mol. The maximum absolute atomic E-state index is 13.1. The molecule has 1 atom stereocenters. The number of H-pyrrole nitrogens is 1. The molecule has 1 fully saturated rings. The van der Waals surface area contributed by atoms with Crippen molar-refractivity contribution in [2.75, 3.05) is 0 Å². The van der Waals surface area contributed by atoms with Crippen molar-refractivity contribution in [3.8, 4) is 0 Å². The first-order valence-corrected chi connectivity index (χ1v) is 9.35. The number of likely N-dealkylation sites (tertiary alicyclic amines) is 1. The Kier molecular flexibility index (Phi) is 5.06. The van der Waals surface area contributed by atoms with Crippen LogP contribution in [0, 0.1) is 5.82 Å². The lowest BCUT2D eigenvalue weighted by molar-refractivity contribution is -0.144. The van der Waals surface area contributed by atoms with E-state index in [9.17, 15) is 14.0 Å². The van der Waals surface area contributed by atoms with Gasteiger partial charge in [0, 0.05) is 13.0 Å². The molecule has 28 heavy (non-hydrogen) atoms. The SMILES string of the molecule is O=C(NCc1nc2ccccc2[nH]1)C1CCCC(=O)N1Cc1ccc(F)cc1. The molecule has 1 saturated heterocycles. The quantitative estimate of drug-likeness (QED) is 0.714. The summed E-state index contributed by atoms with van der Waals surface area (Å²) in [5, 5.41) is 2.89. The average Bonchev–Trinajstić information content (AvgIpc) is 3.12. The topological polar surface area (TPSA) is 78.1 Å². The van der Waals surface area contributed by atoms with E-state index in [0.29, 0.717) is 31.6 Å². The Bertz CT molecular complexity index is 966. The van der Waals surface area contributed by atoms with Gasteiger partial charge in [-0.25, -0.2) is 9.37 Å². The zero-order chi connectivity index (χ0) is 19.5. The molecule has 0 bridgehead atoms. The van der Waals surface area contributed by atoms with Gasteiger partial charge in [0.25, 0.3) is 0 Å². The Balaban J connectivity index is 1.44. The summed E-state index contributed by atoms with van der Waals surface area (Å²) in [7, 11) is 0. The largest absolute Gasteiger partial charge is 0.347 e. The first-order valence-electron chi connectivity index (χ1n) is 9.35. The molecule has 0 aliphatic carbocycles. The lowest BCUT2D eigenvalue weighted by Gasteiger charge is -2.34. The molecule has 6 nitrogen and oxygen atoms in total. The van der Waals surface area contributed by atoms with Crippen molar-refractivity contribution >= 4 is 22.8 Å². The number of nitrogens with zero attached hydrogens (tertiary/aromatic N) is 2. The van der Waals surface area contributed by atoms with E-state index in [1.54, 1.807) is 17.0 Å². The molecule has 0 saturated carbocycles. The molecule has 2 amide bonds. The standard InChI is InChI=1S/C21H21FN4O2/c22-15-10-8-14(9-11-15)13-26-18(6-3-7-20(26)27)21(28)23-12-19-24-16-4-1-2-5-17(16)25-19/h1-2,4-5,8-11,18H,3,6-7,12-13H2,(H,23,28)(H,24,25). The van der Waals surface area contributed by atoms with Crippen LogP contribution >= 0.6 is 0 Å². The minimum Gasteiger partial charge on any atom is -0.347 e. The van der Waals surface area contributed by atoms with Crippen molar-refractivity contribution in [3.63, 3.8) is 0 Å². The summed E-state index contributed by atoms with van der Waals surface area (Å²) in [5.74, 6) is 0.0886. The van der Waals surface area contributed by atoms with Gasteiger partial charge in [-0.3, -0.25) is 9.59 Å². The van der Waals surface area contributed by atoms with Crippen molar-refractivity contribution < 1.29 is 14.0 Å². The second-order valence-corrected chi connectivity index (χ2v) is 6.97. The predicted octanol–water partition coefficient (Wildman–Crippen LogP) is 2.90. The van der Waals surface area contributed by atoms with Crippen LogP contribution in [0.25, 0.3) is 11.0 Å². The Morgan fingerprint density at radius 3 is 2.79 bits per heavy atom. The van der Waals surface area contributed by atoms with Crippen LogP contribution in [0.1, 0.15) is 30.7 Å². The Morgan fingerprint density at radius 2 is 2.00 bits per heavy atom. The molecule has 2 heterocycles. The summed E-state index contributed by atoms with van der Waals surface area (Å²) >= 11 is 0. The molecule has 1 aliphatic heterocycles. The third-order valence-corrected chi connectivity index (χ3v) is 5.00. The number of fused-ring (bicyclic) bond motifs is 1. The first kappa shape index (κ1) is 18.2. The molecule has 3 aromatic rings. The van der Waals surface area contributed by atoms with Crippen LogP contribution in [-0.4, -0.2) is 32.7 Å². The molecule has 7 heteroatoms. The minimum atomic E-state index is -0.532. The van der Waals surface area contributed by atoms with Crippen molar-refractivity contribution in [1.82, 2.24) is 20.2 Å². The summed E-state index contributed by atoms with van der Waals surface area (Å²) in [4.78, 5) is 34.4. The number of hydrogen-bond donors (Lipinski definition) is 2. The van der Waals surface area contributed by atoms with Gasteiger partial charge >= 0.3 is 0 Å². The van der Waals surface area contributed by atoms with E-state index in [-0.39, 0.29) is 24.2 Å². The molecule has 144 valence electrons. The second-order valence-electron chi connectivity index (χ2n) is 6.97. The van der Waals surface area contributed by atoms with Gasteiger partial charge in [-0.15, -0.1) is 0 Å². The molecule has 0 radical (unpaired) electrons. The van der Waals surface area contributed by atoms with Gasteiger partial charge in [0.2, 0.25) is 11.8 Å². The molecular weight excluding hydrogens is 359 g/mol. The number of aromatic nitrogens is 2. The number of nitrogens with one attached hydrogen (secondary N) is 2. The number of rotatable bonds is 5. The van der Waals surface area contributed by atoms with Gasteiger partial charge in [0.15, 0.2) is 0 Å². The number of aromatic amines is 1. The van der Waals surface area contributed by atoms with Crippen molar-refractivity contribution in [1.29, 1.82) is 0 Å². The number of imidazole rings is 1. The molecular formula is C21H21FN4O2. The van der Waals surface area contributed by atoms with Gasteiger partial charge in [0.1, 0.15) is 17.7 Å². The molecule has 2 N–H and O–H groups in total. The Hall–Kier alpha value is -3.22. The number of carbonyl (C=O) groups is 2. The van der Waals surface area contributed by atoms with Gasteiger partial charge < -0.3 is 15.2 Å². The smallest absolute Gasteiger partial charge is 0.243 e. The fourth-order valence-electron chi connectivity index (χ4n) is 3.56. The average molecular weight is 380 g/mol. The number of halogens is 1. The van der Waals surface area contributed by atoms with Crippen LogP contribution in [0.15, 0.2) is 48.5 Å². The van der Waals surface area contributed by atoms with Crippen molar-refractivity contribution in [3.05, 3.63) is 65.7 Å². The summed E-state index contributed by atoms with van der Waals surface area (Å²) in [6, 6.07) is 13.1. The third-order valence-electron chi connectivity index (χ3n) is 5.00. The first-order chi connectivity index (χ1) is 13.6. The predicted molar refractivity (Wildman–Crippen MR) is 103 cm³/mol. The molecule has 1 aromatic heterocycles. The van der Waals surface area contributed by atoms with E-state index in [0.717, 1.165) is 16.6 Å². The number of amides is 2. The summed E-state index contributed by atoms with van der Waals surface area (Å²) in [6.45, 7) is 0.560. The highest BCUT2D eigenvalue weighted by Gasteiger charge is 2.33. The molecule has 1 aliphatic rings. The number of hydrogen-bond acceptors (Lipinski definition) is 3. The lowest BCUT2D eigenvalue weighted by Crippen LogP contribution is -2.51. The lowest BCUT2D eigenvalue weighted by atomic mass is 9.99. The zero-order valence-electron chi connectivity index (χ0n) is 15.3. The van der Waals surface area contributed by atoms with Crippen LogP contribution in [0.3, 0.4) is 0 Å². The van der Waals surface area contributed by atoms with Crippen LogP contribution in [0.2, 0.25) is 0 Å². The van der Waals surface area contributed by atoms with E-state index in [4.69, 9.17) is 0 Å². The number of piperidine rings is 1. The van der Waals surface area contributed by atoms with Crippen LogP contribution in [-0.2, 0) is 22.7 Å². The van der Waals surface area contributed by atoms with Crippen LogP contribution in [0.4, 0.5) is 4.39 Å². The number of carbonyl (C=O) groups excluding carboxylic acids is 2. The molecule has 4 rings (SSSR count). The summed E-state index contributed by atoms with van der Waals surface area (Å²) < 4.78 is 13.1. The van der Waals surface area contributed by atoms with E-state index in [1.807, 2.05) is 24.3 Å². The second kappa shape index (κ2) is 7.80. The minimum absolute atomic E-state index is 0.0561. The number of benzene rings is 2. The molecule has 1 unspecified atom stereocenters. The van der Waals surface area contributed by atoms with E-state index in [1.165, 1.54) is 12.1 Å². The highest BCUT2D eigenvalue weighted by Crippen LogP contribution is 2.21. The normalized spacial score (nSPS) is 17.1. The van der Waals surface area contributed by atoms with E-state index < -0.39 is 6.04 Å². The maximum atomic E-state index is 13.1. The van der Waals surface area contributed by atoms with Gasteiger partial charge in [-0.05, 0) is 42.7 Å². The highest BCUT2D eigenvalue weighted by atomic mass is 19.1. The van der Waals surface area contributed by atoms with Crippen LogP contribution in [0.5, 0.6) is 0 Å². The van der Waals surface area contributed by atoms with Crippen molar-refractivity contribution in [2.24, 2.45) is 0 Å². The highest BCUT2D eigenvalue weighted by molar-refractivity contribution is 5.88. The Morgan fingerprint density at radius 1 is 1.21 bits per heavy atom. The fraction of sp³-hybridized carbons (Fsp3) is 0.286. The van der Waals surface area contributed by atoms with Crippen LogP contribution < -0.4 is 5.32 Å². The van der Waals surface area contributed by atoms with Gasteiger partial charge in [-0.1, -0.05) is 24.3 Å². The van der Waals surface area contributed by atoms with Gasteiger partial charge in [0.05, 0.1) is 17.6 Å². The maximum Gasteiger partial charge on any atom is 0.243 e. The van der Waals surface area contributed by atoms with Gasteiger partial charge in [-0.2, -0.15) is 0 Å². The molecule has 2 aromatic carbocycles. The molecule has 0 spiro atoms.